The fourth-order valence-corrected chi connectivity index (χ4v) is 2.11. The van der Waals surface area contributed by atoms with Crippen molar-refractivity contribution in [2.24, 2.45) is 0 Å². The van der Waals surface area contributed by atoms with E-state index in [0.717, 1.165) is 24.9 Å². The molecule has 1 aliphatic rings. The quantitative estimate of drug-likeness (QED) is 0.834. The van der Waals surface area contributed by atoms with Gasteiger partial charge >= 0.3 is 5.97 Å². The number of piperidine rings is 1. The minimum Gasteiger partial charge on any atom is -0.480 e. The highest BCUT2D eigenvalue weighted by molar-refractivity contribution is 5.90. The van der Waals surface area contributed by atoms with Crippen LogP contribution in [-0.2, 0) is 0 Å². The zero-order valence-corrected chi connectivity index (χ0v) is 9.77. The SMILES string of the molecule is COc1ncc(C2CCCCN2)cc1C(=O)O. The average Bonchev–Trinajstić information content (AvgIpc) is 2.39. The number of carboxylic acid groups (broad SMARTS) is 1. The highest BCUT2D eigenvalue weighted by Crippen LogP contribution is 2.25. The molecule has 1 fully saturated rings. The maximum atomic E-state index is 11.1. The van der Waals surface area contributed by atoms with Crippen LogP contribution in [0.3, 0.4) is 0 Å². The molecule has 0 aromatic carbocycles. The van der Waals surface area contributed by atoms with E-state index in [2.05, 4.69) is 10.3 Å². The number of methoxy groups -OCH3 is 1. The third-order valence-corrected chi connectivity index (χ3v) is 3.01. The molecule has 0 amide bonds. The zero-order chi connectivity index (χ0) is 12.3. The second-order valence-corrected chi connectivity index (χ2v) is 4.13. The largest absolute Gasteiger partial charge is 0.480 e. The van der Waals surface area contributed by atoms with Gasteiger partial charge in [0.15, 0.2) is 0 Å². The van der Waals surface area contributed by atoms with E-state index in [1.807, 2.05) is 0 Å². The summed E-state index contributed by atoms with van der Waals surface area (Å²) in [6.45, 7) is 0.971. The van der Waals surface area contributed by atoms with Gasteiger partial charge in [-0.2, -0.15) is 0 Å². The molecule has 17 heavy (non-hydrogen) atoms. The third kappa shape index (κ3) is 2.55. The van der Waals surface area contributed by atoms with Gasteiger partial charge in [-0.15, -0.1) is 0 Å². The number of hydrogen-bond acceptors (Lipinski definition) is 4. The first-order chi connectivity index (χ1) is 8.22. The minimum absolute atomic E-state index is 0.123. The van der Waals surface area contributed by atoms with Gasteiger partial charge in [0.1, 0.15) is 5.56 Å². The van der Waals surface area contributed by atoms with E-state index < -0.39 is 5.97 Å². The first-order valence-electron chi connectivity index (χ1n) is 5.73. The first-order valence-corrected chi connectivity index (χ1v) is 5.73. The topological polar surface area (TPSA) is 71.5 Å². The molecule has 1 unspecified atom stereocenters. The summed E-state index contributed by atoms with van der Waals surface area (Å²) in [5.74, 6) is -0.843. The molecule has 2 rings (SSSR count). The van der Waals surface area contributed by atoms with Crippen molar-refractivity contribution in [3.8, 4) is 5.88 Å². The molecule has 2 N–H and O–H groups in total. The summed E-state index contributed by atoms with van der Waals surface area (Å²) in [6.07, 6.45) is 5.04. The number of aromatic nitrogens is 1. The van der Waals surface area contributed by atoms with Crippen molar-refractivity contribution in [3.63, 3.8) is 0 Å². The molecular weight excluding hydrogens is 220 g/mol. The van der Waals surface area contributed by atoms with Gasteiger partial charge < -0.3 is 15.2 Å². The molecule has 0 bridgehead atoms. The molecule has 5 heteroatoms. The van der Waals surface area contributed by atoms with Crippen LogP contribution < -0.4 is 10.1 Å². The van der Waals surface area contributed by atoms with Gasteiger partial charge in [0.25, 0.3) is 0 Å². The monoisotopic (exact) mass is 236 g/mol. The Morgan fingerprint density at radius 1 is 1.59 bits per heavy atom. The van der Waals surface area contributed by atoms with Crippen LogP contribution in [0.4, 0.5) is 0 Å². The highest BCUT2D eigenvalue weighted by atomic mass is 16.5. The second-order valence-electron chi connectivity index (χ2n) is 4.13. The molecule has 1 aromatic heterocycles. The Kier molecular flexibility index (Phi) is 3.58. The summed E-state index contributed by atoms with van der Waals surface area (Å²) in [5, 5.41) is 12.4. The summed E-state index contributed by atoms with van der Waals surface area (Å²) in [4.78, 5) is 15.1. The lowest BCUT2D eigenvalue weighted by molar-refractivity contribution is 0.0692. The van der Waals surface area contributed by atoms with Crippen LogP contribution in [-0.4, -0.2) is 29.7 Å². The van der Waals surface area contributed by atoms with Gasteiger partial charge in [0.2, 0.25) is 5.88 Å². The number of ether oxygens (including phenoxy) is 1. The molecule has 92 valence electrons. The third-order valence-electron chi connectivity index (χ3n) is 3.01. The van der Waals surface area contributed by atoms with E-state index in [0.29, 0.717) is 0 Å². The molecule has 1 atom stereocenters. The van der Waals surface area contributed by atoms with Crippen molar-refractivity contribution in [2.45, 2.75) is 25.3 Å². The number of pyridine rings is 1. The lowest BCUT2D eigenvalue weighted by atomic mass is 9.98. The average molecular weight is 236 g/mol. The van der Waals surface area contributed by atoms with E-state index in [-0.39, 0.29) is 17.5 Å². The van der Waals surface area contributed by atoms with Crippen LogP contribution in [0.2, 0.25) is 0 Å². The lowest BCUT2D eigenvalue weighted by Crippen LogP contribution is -2.27. The maximum absolute atomic E-state index is 11.1. The predicted molar refractivity (Wildman–Crippen MR) is 62.3 cm³/mol. The molecule has 1 saturated heterocycles. The number of rotatable bonds is 3. The number of aromatic carboxylic acids is 1. The van der Waals surface area contributed by atoms with Crippen molar-refractivity contribution in [3.05, 3.63) is 23.4 Å². The van der Waals surface area contributed by atoms with Crippen molar-refractivity contribution in [1.29, 1.82) is 0 Å². The van der Waals surface area contributed by atoms with Crippen LogP contribution >= 0.6 is 0 Å². The Labute approximate surface area is 99.8 Å². The van der Waals surface area contributed by atoms with Gasteiger partial charge in [-0.3, -0.25) is 0 Å². The molecule has 0 radical (unpaired) electrons. The minimum atomic E-state index is -1.01. The number of nitrogens with zero attached hydrogens (tertiary/aromatic N) is 1. The summed E-state index contributed by atoms with van der Waals surface area (Å²) in [7, 11) is 1.42. The second kappa shape index (κ2) is 5.14. The number of carboxylic acids is 1. The Balaban J connectivity index is 2.29. The number of carbonyl (C=O) groups is 1. The summed E-state index contributed by atoms with van der Waals surface area (Å²) in [6, 6.07) is 1.86. The summed E-state index contributed by atoms with van der Waals surface area (Å²) in [5.41, 5.74) is 1.04. The Morgan fingerprint density at radius 3 is 3.00 bits per heavy atom. The van der Waals surface area contributed by atoms with E-state index >= 15 is 0 Å². The summed E-state index contributed by atoms with van der Waals surface area (Å²) >= 11 is 0. The predicted octanol–water partition coefficient (Wildman–Crippen LogP) is 1.60. The normalized spacial score (nSPS) is 19.9. The van der Waals surface area contributed by atoms with Crippen LogP contribution in [0, 0.1) is 0 Å². The van der Waals surface area contributed by atoms with E-state index in [9.17, 15) is 4.79 Å². The summed E-state index contributed by atoms with van der Waals surface area (Å²) < 4.78 is 4.94. The molecule has 1 aromatic rings. The van der Waals surface area contributed by atoms with Crippen molar-refractivity contribution in [1.82, 2.24) is 10.3 Å². The lowest BCUT2D eigenvalue weighted by Gasteiger charge is -2.23. The molecule has 0 aliphatic carbocycles. The number of hydrogen-bond donors (Lipinski definition) is 2. The highest BCUT2D eigenvalue weighted by Gasteiger charge is 2.19. The van der Waals surface area contributed by atoms with E-state index in [1.54, 1.807) is 12.3 Å². The molecule has 0 saturated carbocycles. The van der Waals surface area contributed by atoms with Gasteiger partial charge in [-0.05, 0) is 31.0 Å². The van der Waals surface area contributed by atoms with Crippen molar-refractivity contribution >= 4 is 5.97 Å². The van der Waals surface area contributed by atoms with E-state index in [1.165, 1.54) is 13.5 Å². The Bertz CT molecular complexity index is 414. The molecule has 5 nitrogen and oxygen atoms in total. The Hall–Kier alpha value is -1.62. The fraction of sp³-hybridized carbons (Fsp3) is 0.500. The van der Waals surface area contributed by atoms with Crippen LogP contribution in [0.15, 0.2) is 12.3 Å². The van der Waals surface area contributed by atoms with Crippen molar-refractivity contribution < 1.29 is 14.6 Å². The molecule has 0 spiro atoms. The standard InChI is InChI=1S/C12H16N2O3/c1-17-11-9(12(15)16)6-8(7-14-11)10-4-2-3-5-13-10/h6-7,10,13H,2-5H2,1H3,(H,15,16). The molecule has 2 heterocycles. The molecule has 1 aliphatic heterocycles. The van der Waals surface area contributed by atoms with Gasteiger partial charge in [-0.1, -0.05) is 6.42 Å². The Morgan fingerprint density at radius 2 is 2.41 bits per heavy atom. The first kappa shape index (κ1) is 11.9. The van der Waals surface area contributed by atoms with Crippen LogP contribution in [0.25, 0.3) is 0 Å². The smallest absolute Gasteiger partial charge is 0.341 e. The molecular formula is C12H16N2O3. The zero-order valence-electron chi connectivity index (χ0n) is 9.77. The van der Waals surface area contributed by atoms with Crippen LogP contribution in [0.5, 0.6) is 5.88 Å². The van der Waals surface area contributed by atoms with Gasteiger partial charge in [0, 0.05) is 12.2 Å². The number of nitrogens with one attached hydrogen (secondary N) is 1. The van der Waals surface area contributed by atoms with Crippen molar-refractivity contribution in [2.75, 3.05) is 13.7 Å². The van der Waals surface area contributed by atoms with Crippen LogP contribution in [0.1, 0.15) is 41.2 Å². The van der Waals surface area contributed by atoms with Gasteiger partial charge in [0.05, 0.1) is 7.11 Å². The fourth-order valence-electron chi connectivity index (χ4n) is 2.11. The van der Waals surface area contributed by atoms with E-state index in [4.69, 9.17) is 9.84 Å². The maximum Gasteiger partial charge on any atom is 0.341 e. The van der Waals surface area contributed by atoms with Gasteiger partial charge in [-0.25, -0.2) is 9.78 Å².